The monoisotopic (exact) mass is 322 g/mol. The van der Waals surface area contributed by atoms with E-state index in [1.807, 2.05) is 51.2 Å². The third kappa shape index (κ3) is 3.10. The lowest BCUT2D eigenvalue weighted by Gasteiger charge is -1.97. The predicted molar refractivity (Wildman–Crippen MR) is 91.8 cm³/mol. The lowest BCUT2D eigenvalue weighted by atomic mass is 10.1. The Morgan fingerprint density at radius 2 is 2.04 bits per heavy atom. The van der Waals surface area contributed by atoms with Crippen molar-refractivity contribution in [3.63, 3.8) is 0 Å². The quantitative estimate of drug-likeness (QED) is 0.570. The largest absolute Gasteiger partial charge is 0.289 e. The lowest BCUT2D eigenvalue weighted by Crippen LogP contribution is -2.18. The Balaban J connectivity index is 1.70. The Labute approximate surface area is 139 Å². The topological polar surface area (TPSA) is 88.0 Å². The molecule has 2 N–H and O–H groups in total. The normalized spacial score (nSPS) is 11.1. The van der Waals surface area contributed by atoms with E-state index in [4.69, 9.17) is 0 Å². The molecule has 0 aliphatic carbocycles. The lowest BCUT2D eigenvalue weighted by molar-refractivity contribution is 0.0950. The molecule has 0 saturated heterocycles. The van der Waals surface area contributed by atoms with Gasteiger partial charge >= 0.3 is 0 Å². The minimum Gasteiger partial charge on any atom is -0.272 e. The number of aromatic amines is 1. The molecule has 0 spiro atoms. The predicted octanol–water partition coefficient (Wildman–Crippen LogP) is 2.19. The second kappa shape index (κ2) is 6.49. The van der Waals surface area contributed by atoms with Gasteiger partial charge in [0.05, 0.1) is 17.6 Å². The maximum atomic E-state index is 12.1. The summed E-state index contributed by atoms with van der Waals surface area (Å²) in [5.41, 5.74) is 7.25. The number of amides is 1. The van der Waals surface area contributed by atoms with Crippen LogP contribution in [0.4, 0.5) is 0 Å². The van der Waals surface area contributed by atoms with E-state index in [0.29, 0.717) is 11.4 Å². The van der Waals surface area contributed by atoms with Crippen LogP contribution in [-0.4, -0.2) is 32.1 Å². The number of aryl methyl sites for hydroxylation is 2. The minimum atomic E-state index is -0.347. The zero-order valence-electron chi connectivity index (χ0n) is 13.7. The third-order valence-corrected chi connectivity index (χ3v) is 3.82. The average molecular weight is 322 g/mol. The van der Waals surface area contributed by atoms with Gasteiger partial charge in [-0.15, -0.1) is 0 Å². The number of carbonyl (C=O) groups excluding carboxylic acids is 1. The van der Waals surface area contributed by atoms with E-state index < -0.39 is 0 Å². The summed E-state index contributed by atoms with van der Waals surface area (Å²) in [6.45, 7) is 3.85. The average Bonchev–Trinajstić information content (AvgIpc) is 3.16. The first-order valence-corrected chi connectivity index (χ1v) is 7.50. The van der Waals surface area contributed by atoms with Crippen molar-refractivity contribution in [2.45, 2.75) is 13.8 Å². The van der Waals surface area contributed by atoms with Crippen LogP contribution in [0.3, 0.4) is 0 Å². The molecule has 0 bridgehead atoms. The molecule has 7 heteroatoms. The van der Waals surface area contributed by atoms with Crippen LogP contribution in [0.5, 0.6) is 0 Å². The SMILES string of the molecule is Cc1nn(C)c(C)c1/C=N\NC(=O)c1cc(-c2ccccc2)n[nH]1. The Morgan fingerprint density at radius 3 is 2.71 bits per heavy atom. The smallest absolute Gasteiger partial charge is 0.272 e. The summed E-state index contributed by atoms with van der Waals surface area (Å²) in [5.74, 6) is -0.347. The van der Waals surface area contributed by atoms with Crippen LogP contribution in [-0.2, 0) is 7.05 Å². The van der Waals surface area contributed by atoms with Gasteiger partial charge < -0.3 is 0 Å². The standard InChI is InChI=1S/C17H18N6O/c1-11-14(12(2)23(3)22-11)10-18-21-17(24)16-9-15(19-20-16)13-7-5-4-6-8-13/h4-10H,1-3H3,(H,19,20)(H,21,24)/b18-10-. The molecule has 122 valence electrons. The first-order valence-electron chi connectivity index (χ1n) is 7.50. The second-order valence-corrected chi connectivity index (χ2v) is 5.44. The van der Waals surface area contributed by atoms with E-state index >= 15 is 0 Å². The van der Waals surface area contributed by atoms with Gasteiger partial charge in [-0.1, -0.05) is 30.3 Å². The van der Waals surface area contributed by atoms with E-state index in [1.54, 1.807) is 17.0 Å². The summed E-state index contributed by atoms with van der Waals surface area (Å²) < 4.78 is 1.78. The van der Waals surface area contributed by atoms with Gasteiger partial charge in [0.1, 0.15) is 5.69 Å². The van der Waals surface area contributed by atoms with Crippen molar-refractivity contribution in [2.24, 2.45) is 12.1 Å². The zero-order valence-corrected chi connectivity index (χ0v) is 13.7. The second-order valence-electron chi connectivity index (χ2n) is 5.44. The van der Waals surface area contributed by atoms with Crippen molar-refractivity contribution in [1.29, 1.82) is 0 Å². The molecule has 0 radical (unpaired) electrons. The molecule has 24 heavy (non-hydrogen) atoms. The summed E-state index contributed by atoms with van der Waals surface area (Å²) in [5, 5.41) is 15.2. The molecule has 0 fully saturated rings. The summed E-state index contributed by atoms with van der Waals surface area (Å²) in [4.78, 5) is 12.1. The third-order valence-electron chi connectivity index (χ3n) is 3.82. The molecule has 1 amide bonds. The number of nitrogens with zero attached hydrogens (tertiary/aromatic N) is 4. The fourth-order valence-electron chi connectivity index (χ4n) is 2.39. The molecule has 0 saturated carbocycles. The molecule has 0 unspecified atom stereocenters. The van der Waals surface area contributed by atoms with Gasteiger partial charge in [0, 0.05) is 23.9 Å². The highest BCUT2D eigenvalue weighted by Gasteiger charge is 2.11. The molecule has 0 aliphatic rings. The van der Waals surface area contributed by atoms with Gasteiger partial charge in [-0.2, -0.15) is 15.3 Å². The van der Waals surface area contributed by atoms with Crippen LogP contribution in [0.1, 0.15) is 27.4 Å². The van der Waals surface area contributed by atoms with E-state index in [0.717, 1.165) is 22.5 Å². The first-order chi connectivity index (χ1) is 11.6. The summed E-state index contributed by atoms with van der Waals surface area (Å²) in [6.07, 6.45) is 1.60. The molecule has 0 aliphatic heterocycles. The zero-order chi connectivity index (χ0) is 17.1. The number of hydrazone groups is 1. The minimum absolute atomic E-state index is 0.347. The van der Waals surface area contributed by atoms with Gasteiger partial charge in [-0.05, 0) is 19.9 Å². The van der Waals surface area contributed by atoms with Gasteiger partial charge in [0.25, 0.3) is 5.91 Å². The Hall–Kier alpha value is -3.22. The summed E-state index contributed by atoms with van der Waals surface area (Å²) in [7, 11) is 1.87. The molecule has 3 aromatic rings. The molecule has 2 heterocycles. The van der Waals surface area contributed by atoms with Gasteiger partial charge in [-0.3, -0.25) is 14.6 Å². The number of hydrogen-bond acceptors (Lipinski definition) is 4. The van der Waals surface area contributed by atoms with Crippen LogP contribution < -0.4 is 5.43 Å². The van der Waals surface area contributed by atoms with E-state index in [2.05, 4.69) is 25.8 Å². The van der Waals surface area contributed by atoms with Gasteiger partial charge in [-0.25, -0.2) is 5.43 Å². The highest BCUT2D eigenvalue weighted by molar-refractivity contribution is 5.94. The van der Waals surface area contributed by atoms with Crippen molar-refractivity contribution < 1.29 is 4.79 Å². The Bertz CT molecular complexity index is 891. The number of hydrogen-bond donors (Lipinski definition) is 2. The molecule has 1 aromatic carbocycles. The Morgan fingerprint density at radius 1 is 1.29 bits per heavy atom. The molecule has 0 atom stereocenters. The van der Waals surface area contributed by atoms with Gasteiger partial charge in [0.15, 0.2) is 0 Å². The maximum Gasteiger partial charge on any atom is 0.289 e. The number of aromatic nitrogens is 4. The Kier molecular flexibility index (Phi) is 4.24. The van der Waals surface area contributed by atoms with Crippen molar-refractivity contribution in [3.8, 4) is 11.3 Å². The van der Waals surface area contributed by atoms with E-state index in [9.17, 15) is 4.79 Å². The van der Waals surface area contributed by atoms with Crippen LogP contribution in [0.2, 0.25) is 0 Å². The highest BCUT2D eigenvalue weighted by atomic mass is 16.2. The molecular weight excluding hydrogens is 304 g/mol. The molecular formula is C17H18N6O. The maximum absolute atomic E-state index is 12.1. The van der Waals surface area contributed by atoms with Crippen LogP contribution in [0.25, 0.3) is 11.3 Å². The van der Waals surface area contributed by atoms with Crippen molar-refractivity contribution in [2.75, 3.05) is 0 Å². The summed E-state index contributed by atoms with van der Waals surface area (Å²) in [6, 6.07) is 11.3. The fourth-order valence-corrected chi connectivity index (χ4v) is 2.39. The van der Waals surface area contributed by atoms with E-state index in [1.165, 1.54) is 0 Å². The number of H-pyrrole nitrogens is 1. The molecule has 7 nitrogen and oxygen atoms in total. The summed E-state index contributed by atoms with van der Waals surface area (Å²) >= 11 is 0. The number of benzene rings is 1. The van der Waals surface area contributed by atoms with Crippen molar-refractivity contribution >= 4 is 12.1 Å². The first kappa shape index (κ1) is 15.7. The van der Waals surface area contributed by atoms with Crippen molar-refractivity contribution in [3.05, 3.63) is 59.0 Å². The van der Waals surface area contributed by atoms with E-state index in [-0.39, 0.29) is 5.91 Å². The van der Waals surface area contributed by atoms with Crippen LogP contribution in [0.15, 0.2) is 41.5 Å². The fraction of sp³-hybridized carbons (Fsp3) is 0.176. The number of carbonyl (C=O) groups is 1. The van der Waals surface area contributed by atoms with Crippen LogP contribution in [0, 0.1) is 13.8 Å². The molecule has 3 rings (SSSR count). The van der Waals surface area contributed by atoms with Crippen LogP contribution >= 0.6 is 0 Å². The highest BCUT2D eigenvalue weighted by Crippen LogP contribution is 2.16. The number of nitrogens with one attached hydrogen (secondary N) is 2. The van der Waals surface area contributed by atoms with Crippen molar-refractivity contribution in [1.82, 2.24) is 25.4 Å². The van der Waals surface area contributed by atoms with Gasteiger partial charge in [0.2, 0.25) is 0 Å². The number of rotatable bonds is 4. The molecule has 2 aromatic heterocycles.